The summed E-state index contributed by atoms with van der Waals surface area (Å²) in [5.41, 5.74) is 0. The molecule has 0 aliphatic heterocycles. The topological polar surface area (TPSA) is 0 Å². The van der Waals surface area contributed by atoms with Crippen LogP contribution in [-0.2, 0) is 0 Å². The molecule has 29 heavy (non-hydrogen) atoms. The number of rotatable bonds is 14. The largest absolute Gasteiger partial charge is 0.143 e. The van der Waals surface area contributed by atoms with Gasteiger partial charge in [0.2, 0.25) is 0 Å². The minimum absolute atomic E-state index is 1.24. The van der Waals surface area contributed by atoms with Gasteiger partial charge in [0.05, 0.1) is 9.75 Å². The summed E-state index contributed by atoms with van der Waals surface area (Å²) >= 11 is 10.0. The normalized spacial score (nSPS) is 11.4. The van der Waals surface area contributed by atoms with Gasteiger partial charge in [-0.2, -0.15) is 0 Å². The quantitative estimate of drug-likeness (QED) is 0.166. The summed E-state index contributed by atoms with van der Waals surface area (Å²) in [5.74, 6) is 2.48. The summed E-state index contributed by atoms with van der Waals surface area (Å²) < 4.78 is 0. The molecule has 0 spiro atoms. The van der Waals surface area contributed by atoms with Crippen molar-refractivity contribution in [2.45, 2.75) is 75.0 Å². The smallest absolute Gasteiger partial charge is 0.0597 e. The van der Waals surface area contributed by atoms with Gasteiger partial charge in [0.1, 0.15) is 0 Å². The van der Waals surface area contributed by atoms with E-state index in [2.05, 4.69) is 72.4 Å². The third kappa shape index (κ3) is 6.90. The van der Waals surface area contributed by atoms with Crippen molar-refractivity contribution in [2.75, 3.05) is 11.5 Å². The highest BCUT2D eigenvalue weighted by molar-refractivity contribution is 8.02. The molecule has 0 aromatic carbocycles. The molecule has 0 N–H and O–H groups in total. The molecule has 5 heteroatoms. The molecule has 0 unspecified atom stereocenters. The second kappa shape index (κ2) is 13.3. The van der Waals surface area contributed by atoms with Crippen LogP contribution in [0.25, 0.3) is 19.5 Å². The van der Waals surface area contributed by atoms with E-state index in [0.29, 0.717) is 0 Å². The van der Waals surface area contributed by atoms with Crippen LogP contribution in [0.15, 0.2) is 44.8 Å². The molecule has 3 heterocycles. The van der Waals surface area contributed by atoms with Gasteiger partial charge in [-0.15, -0.1) is 57.5 Å². The van der Waals surface area contributed by atoms with Crippen LogP contribution in [0.2, 0.25) is 0 Å². The zero-order chi connectivity index (χ0) is 20.3. The molecule has 0 aliphatic carbocycles. The molecule has 3 rings (SSSR count). The van der Waals surface area contributed by atoms with Crippen LogP contribution < -0.4 is 0 Å². The number of thioether (sulfide) groups is 2. The van der Waals surface area contributed by atoms with Crippen molar-refractivity contribution in [3.8, 4) is 19.5 Å². The minimum atomic E-state index is 1.24. The molecule has 0 nitrogen and oxygen atoms in total. The Morgan fingerprint density at radius 3 is 1.52 bits per heavy atom. The summed E-state index contributed by atoms with van der Waals surface area (Å²) in [6.07, 6.45) is 10.7. The van der Waals surface area contributed by atoms with Gasteiger partial charge in [0.25, 0.3) is 0 Å². The summed E-state index contributed by atoms with van der Waals surface area (Å²) in [7, 11) is 0. The lowest BCUT2D eigenvalue weighted by atomic mass is 10.2. The average Bonchev–Trinajstić information content (AvgIpc) is 3.48. The molecule has 0 saturated heterocycles. The van der Waals surface area contributed by atoms with Gasteiger partial charge in [0.15, 0.2) is 0 Å². The summed E-state index contributed by atoms with van der Waals surface area (Å²) in [5, 5.41) is 4.43. The first-order valence-electron chi connectivity index (χ1n) is 10.8. The van der Waals surface area contributed by atoms with Gasteiger partial charge >= 0.3 is 0 Å². The lowest BCUT2D eigenvalue weighted by Gasteiger charge is -2.08. The highest BCUT2D eigenvalue weighted by Crippen LogP contribution is 2.53. The van der Waals surface area contributed by atoms with Crippen LogP contribution in [0.4, 0.5) is 0 Å². The first kappa shape index (κ1) is 23.5. The van der Waals surface area contributed by atoms with Gasteiger partial charge in [-0.05, 0) is 47.2 Å². The van der Waals surface area contributed by atoms with Gasteiger partial charge in [-0.1, -0.05) is 64.5 Å². The van der Waals surface area contributed by atoms with Crippen molar-refractivity contribution in [2.24, 2.45) is 0 Å². The molecule has 3 aromatic rings. The molecular weight excluding hydrogens is 449 g/mol. The monoisotopic (exact) mass is 480 g/mol. The molecular formula is C24H32S5. The standard InChI is InChI=1S/C24H32S5/c1-3-5-7-9-15-27-23-21(19-13-11-17-25-19)29-22(20-14-12-18-26-20)24(23)28-16-10-8-6-4-2/h11-14,17-18H,3-10,15-16H2,1-2H3. The first-order valence-corrected chi connectivity index (χ1v) is 15.4. The van der Waals surface area contributed by atoms with Crippen LogP contribution >= 0.6 is 57.5 Å². The number of hydrogen-bond acceptors (Lipinski definition) is 5. The average molecular weight is 481 g/mol. The van der Waals surface area contributed by atoms with E-state index >= 15 is 0 Å². The predicted molar refractivity (Wildman–Crippen MR) is 141 cm³/mol. The van der Waals surface area contributed by atoms with Crippen LogP contribution in [0.1, 0.15) is 65.2 Å². The third-order valence-corrected chi connectivity index (χ3v) is 10.9. The van der Waals surface area contributed by atoms with E-state index in [1.54, 1.807) is 9.79 Å². The Hall–Kier alpha value is -0.200. The van der Waals surface area contributed by atoms with Crippen molar-refractivity contribution in [3.05, 3.63) is 35.0 Å². The lowest BCUT2D eigenvalue weighted by molar-refractivity contribution is 0.706. The Labute approximate surface area is 197 Å². The molecule has 158 valence electrons. The first-order chi connectivity index (χ1) is 14.3. The molecule has 0 fully saturated rings. The number of hydrogen-bond donors (Lipinski definition) is 0. The molecule has 0 amide bonds. The van der Waals surface area contributed by atoms with Crippen molar-refractivity contribution in [1.29, 1.82) is 0 Å². The molecule has 0 saturated carbocycles. The van der Waals surface area contributed by atoms with Crippen molar-refractivity contribution >= 4 is 57.5 Å². The van der Waals surface area contributed by atoms with E-state index in [9.17, 15) is 0 Å². The van der Waals surface area contributed by atoms with Crippen LogP contribution in [0.5, 0.6) is 0 Å². The van der Waals surface area contributed by atoms with Gasteiger partial charge < -0.3 is 0 Å². The molecule has 0 atom stereocenters. The fraction of sp³-hybridized carbons (Fsp3) is 0.500. The summed E-state index contributed by atoms with van der Waals surface area (Å²) in [6, 6.07) is 8.98. The maximum atomic E-state index is 2.30. The van der Waals surface area contributed by atoms with Gasteiger partial charge in [-0.3, -0.25) is 0 Å². The second-order valence-electron chi connectivity index (χ2n) is 7.19. The third-order valence-electron chi connectivity index (χ3n) is 4.80. The van der Waals surface area contributed by atoms with Gasteiger partial charge in [-0.25, -0.2) is 0 Å². The Balaban J connectivity index is 1.85. The molecule has 3 aromatic heterocycles. The van der Waals surface area contributed by atoms with Crippen molar-refractivity contribution < 1.29 is 0 Å². The van der Waals surface area contributed by atoms with Crippen LogP contribution in [-0.4, -0.2) is 11.5 Å². The van der Waals surface area contributed by atoms with E-state index in [-0.39, 0.29) is 0 Å². The fourth-order valence-corrected chi connectivity index (χ4v) is 9.29. The Morgan fingerprint density at radius 1 is 0.655 bits per heavy atom. The zero-order valence-electron chi connectivity index (χ0n) is 17.6. The molecule has 0 aliphatic rings. The van der Waals surface area contributed by atoms with E-state index in [1.165, 1.54) is 82.4 Å². The van der Waals surface area contributed by atoms with E-state index in [1.807, 2.05) is 34.0 Å². The Kier molecular flexibility index (Phi) is 10.7. The highest BCUT2D eigenvalue weighted by Gasteiger charge is 2.22. The Bertz CT molecular complexity index is 732. The van der Waals surface area contributed by atoms with Crippen molar-refractivity contribution in [3.63, 3.8) is 0 Å². The second-order valence-corrected chi connectivity index (χ2v) is 12.3. The molecule has 0 radical (unpaired) electrons. The minimum Gasteiger partial charge on any atom is -0.143 e. The van der Waals surface area contributed by atoms with E-state index < -0.39 is 0 Å². The SMILES string of the molecule is CCCCCCSc1c(-c2cccs2)sc(-c2cccs2)c1SCCCCCC. The lowest BCUT2D eigenvalue weighted by Crippen LogP contribution is -1.86. The van der Waals surface area contributed by atoms with Crippen LogP contribution in [0, 0.1) is 0 Å². The van der Waals surface area contributed by atoms with E-state index in [0.717, 1.165) is 0 Å². The highest BCUT2D eigenvalue weighted by atomic mass is 32.2. The molecule has 0 bridgehead atoms. The van der Waals surface area contributed by atoms with Crippen LogP contribution in [0.3, 0.4) is 0 Å². The maximum absolute atomic E-state index is 2.30. The maximum Gasteiger partial charge on any atom is 0.0597 e. The van der Waals surface area contributed by atoms with E-state index in [4.69, 9.17) is 0 Å². The zero-order valence-corrected chi connectivity index (χ0v) is 21.7. The number of unbranched alkanes of at least 4 members (excludes halogenated alkanes) is 6. The van der Waals surface area contributed by atoms with Crippen molar-refractivity contribution in [1.82, 2.24) is 0 Å². The summed E-state index contributed by atoms with van der Waals surface area (Å²) in [4.78, 5) is 8.97. The summed E-state index contributed by atoms with van der Waals surface area (Å²) in [6.45, 7) is 4.59. The predicted octanol–water partition coefficient (Wildman–Crippen LogP) is 10.5. The van der Waals surface area contributed by atoms with Gasteiger partial charge in [0, 0.05) is 19.5 Å². The number of thiophene rings is 3. The Morgan fingerprint density at radius 2 is 1.14 bits per heavy atom. The fourth-order valence-electron chi connectivity index (χ4n) is 3.21.